The Morgan fingerprint density at radius 2 is 2.38 bits per heavy atom. The molecule has 0 amide bonds. The van der Waals surface area contributed by atoms with Crippen LogP contribution in [0.2, 0.25) is 0 Å². The highest BCUT2D eigenvalue weighted by atomic mass is 15.2. The Bertz CT molecular complexity index is 58.7. The smallest absolute Gasteiger partial charge is 0.0698 e. The molecule has 3 N–H and O–H groups in total. The van der Waals surface area contributed by atoms with Gasteiger partial charge in [0.05, 0.1) is 6.17 Å². The minimum Gasteiger partial charge on any atom is -0.313 e. The molecule has 1 aliphatic heterocycles. The molecule has 1 saturated heterocycles. The highest BCUT2D eigenvalue weighted by Gasteiger charge is 2.06. The van der Waals surface area contributed by atoms with E-state index in [-0.39, 0.29) is 0 Å². The Labute approximate surface area is 49.8 Å². The second-order valence-corrected chi connectivity index (χ2v) is 2.00. The first-order valence-corrected chi connectivity index (χ1v) is 3.05. The van der Waals surface area contributed by atoms with Crippen molar-refractivity contribution >= 4 is 0 Å². The quantitative estimate of drug-likeness (QED) is 0.398. The molecule has 1 rings (SSSR count). The van der Waals surface area contributed by atoms with E-state index in [0.717, 1.165) is 19.6 Å². The van der Waals surface area contributed by atoms with Gasteiger partial charge in [-0.25, -0.2) is 0 Å². The first-order valence-electron chi connectivity index (χ1n) is 3.05. The van der Waals surface area contributed by atoms with Crippen molar-refractivity contribution < 1.29 is 0 Å². The van der Waals surface area contributed by atoms with Crippen LogP contribution < -0.4 is 16.0 Å². The average molecular weight is 115 g/mol. The third kappa shape index (κ3) is 1.43. The predicted molar refractivity (Wildman–Crippen MR) is 33.7 cm³/mol. The molecule has 3 nitrogen and oxygen atoms in total. The van der Waals surface area contributed by atoms with E-state index >= 15 is 0 Å². The molecule has 0 aromatic rings. The van der Waals surface area contributed by atoms with Crippen LogP contribution in [0.15, 0.2) is 0 Å². The minimum absolute atomic E-state index is 0.476. The fraction of sp³-hybridized carbons (Fsp3) is 1.00. The Hall–Kier alpha value is -0.120. The zero-order valence-electron chi connectivity index (χ0n) is 5.20. The van der Waals surface area contributed by atoms with Crippen LogP contribution in [0.4, 0.5) is 0 Å². The van der Waals surface area contributed by atoms with Gasteiger partial charge in [0, 0.05) is 19.6 Å². The summed E-state index contributed by atoms with van der Waals surface area (Å²) in [4.78, 5) is 0. The molecule has 0 aliphatic carbocycles. The first kappa shape index (κ1) is 6.01. The second-order valence-electron chi connectivity index (χ2n) is 2.00. The number of piperazine rings is 1. The topological polar surface area (TPSA) is 36.1 Å². The zero-order chi connectivity index (χ0) is 5.82. The average Bonchev–Trinajstić information content (AvgIpc) is 1.90. The number of likely N-dealkylation sites (N-methyl/N-ethyl adjacent to an activating group) is 1. The lowest BCUT2D eigenvalue weighted by Crippen LogP contribution is -2.54. The van der Waals surface area contributed by atoms with Crippen molar-refractivity contribution in [2.75, 3.05) is 26.7 Å². The van der Waals surface area contributed by atoms with Crippen LogP contribution in [0, 0.1) is 0 Å². The number of rotatable bonds is 1. The molecule has 1 heterocycles. The van der Waals surface area contributed by atoms with Crippen LogP contribution in [0.25, 0.3) is 0 Å². The van der Waals surface area contributed by atoms with Crippen molar-refractivity contribution in [3.8, 4) is 0 Å². The van der Waals surface area contributed by atoms with E-state index < -0.39 is 0 Å². The molecule has 0 spiro atoms. The summed E-state index contributed by atoms with van der Waals surface area (Å²) < 4.78 is 0. The fourth-order valence-electron chi connectivity index (χ4n) is 0.857. The molecule has 8 heavy (non-hydrogen) atoms. The molecular weight excluding hydrogens is 102 g/mol. The maximum Gasteiger partial charge on any atom is 0.0698 e. The summed E-state index contributed by atoms with van der Waals surface area (Å²) in [5.74, 6) is 0. The highest BCUT2D eigenvalue weighted by molar-refractivity contribution is 4.70. The van der Waals surface area contributed by atoms with E-state index in [1.165, 1.54) is 0 Å². The van der Waals surface area contributed by atoms with Crippen LogP contribution in [0.5, 0.6) is 0 Å². The molecule has 0 aromatic carbocycles. The predicted octanol–water partition coefficient (Wildman–Crippen LogP) is -1.28. The Morgan fingerprint density at radius 1 is 1.50 bits per heavy atom. The van der Waals surface area contributed by atoms with E-state index in [1.807, 2.05) is 7.05 Å². The summed E-state index contributed by atoms with van der Waals surface area (Å²) in [6, 6.07) is 0. The molecule has 0 unspecified atom stereocenters. The van der Waals surface area contributed by atoms with Crippen LogP contribution in [-0.2, 0) is 0 Å². The summed E-state index contributed by atoms with van der Waals surface area (Å²) in [7, 11) is 1.96. The third-order valence-corrected chi connectivity index (χ3v) is 1.39. The second kappa shape index (κ2) is 3.02. The normalized spacial score (nSPS) is 30.4. The standard InChI is InChI=1S/C5H13N3/c1-6-5-4-7-2-3-8-5/h5-8H,2-4H2,1H3/t5-/m0/s1. The molecule has 0 aromatic heterocycles. The lowest BCUT2D eigenvalue weighted by atomic mass is 10.4. The Morgan fingerprint density at radius 3 is 2.75 bits per heavy atom. The molecule has 48 valence electrons. The summed E-state index contributed by atoms with van der Waals surface area (Å²) in [5.41, 5.74) is 0. The monoisotopic (exact) mass is 115 g/mol. The van der Waals surface area contributed by atoms with Crippen LogP contribution >= 0.6 is 0 Å². The Balaban J connectivity index is 2.13. The maximum absolute atomic E-state index is 3.30. The van der Waals surface area contributed by atoms with Crippen molar-refractivity contribution in [3.63, 3.8) is 0 Å². The van der Waals surface area contributed by atoms with Crippen LogP contribution in [-0.4, -0.2) is 32.8 Å². The molecule has 0 saturated carbocycles. The third-order valence-electron chi connectivity index (χ3n) is 1.39. The van der Waals surface area contributed by atoms with E-state index in [0.29, 0.717) is 6.17 Å². The van der Waals surface area contributed by atoms with Gasteiger partial charge >= 0.3 is 0 Å². The fourth-order valence-corrected chi connectivity index (χ4v) is 0.857. The molecule has 0 bridgehead atoms. The summed E-state index contributed by atoms with van der Waals surface area (Å²) in [6.07, 6.45) is 0.476. The van der Waals surface area contributed by atoms with E-state index in [1.54, 1.807) is 0 Å². The zero-order valence-corrected chi connectivity index (χ0v) is 5.20. The molecule has 1 aliphatic rings. The van der Waals surface area contributed by atoms with Gasteiger partial charge in [-0.15, -0.1) is 0 Å². The van der Waals surface area contributed by atoms with Crippen LogP contribution in [0.3, 0.4) is 0 Å². The van der Waals surface area contributed by atoms with Gasteiger partial charge in [0.15, 0.2) is 0 Å². The highest BCUT2D eigenvalue weighted by Crippen LogP contribution is 1.77. The van der Waals surface area contributed by atoms with Gasteiger partial charge in [-0.05, 0) is 7.05 Å². The largest absolute Gasteiger partial charge is 0.313 e. The van der Waals surface area contributed by atoms with Gasteiger partial charge in [-0.3, -0.25) is 5.32 Å². The van der Waals surface area contributed by atoms with E-state index in [2.05, 4.69) is 16.0 Å². The number of nitrogens with one attached hydrogen (secondary N) is 3. The SMILES string of the molecule is CN[C@@H]1CNCCN1. The molecule has 1 fully saturated rings. The van der Waals surface area contributed by atoms with Gasteiger partial charge in [0.2, 0.25) is 0 Å². The van der Waals surface area contributed by atoms with Gasteiger partial charge in [0.1, 0.15) is 0 Å². The summed E-state index contributed by atoms with van der Waals surface area (Å²) in [5, 5.41) is 9.69. The van der Waals surface area contributed by atoms with E-state index in [4.69, 9.17) is 0 Å². The van der Waals surface area contributed by atoms with Crippen molar-refractivity contribution in [1.82, 2.24) is 16.0 Å². The van der Waals surface area contributed by atoms with Crippen molar-refractivity contribution in [2.45, 2.75) is 6.17 Å². The minimum atomic E-state index is 0.476. The van der Waals surface area contributed by atoms with Crippen LogP contribution in [0.1, 0.15) is 0 Å². The van der Waals surface area contributed by atoms with Gasteiger partial charge < -0.3 is 10.6 Å². The van der Waals surface area contributed by atoms with Crippen molar-refractivity contribution in [3.05, 3.63) is 0 Å². The summed E-state index contributed by atoms with van der Waals surface area (Å²) in [6.45, 7) is 3.21. The van der Waals surface area contributed by atoms with Crippen molar-refractivity contribution in [1.29, 1.82) is 0 Å². The Kier molecular flexibility index (Phi) is 2.27. The molecule has 0 radical (unpaired) electrons. The number of hydrogen-bond acceptors (Lipinski definition) is 3. The lowest BCUT2D eigenvalue weighted by molar-refractivity contribution is 0.380. The lowest BCUT2D eigenvalue weighted by Gasteiger charge is -2.23. The van der Waals surface area contributed by atoms with E-state index in [9.17, 15) is 0 Å². The van der Waals surface area contributed by atoms with Gasteiger partial charge in [0.25, 0.3) is 0 Å². The maximum atomic E-state index is 3.30. The molecule has 3 heteroatoms. The molecular formula is C5H13N3. The van der Waals surface area contributed by atoms with Gasteiger partial charge in [-0.2, -0.15) is 0 Å². The van der Waals surface area contributed by atoms with Crippen molar-refractivity contribution in [2.24, 2.45) is 0 Å². The first-order chi connectivity index (χ1) is 3.93. The summed E-state index contributed by atoms with van der Waals surface area (Å²) >= 11 is 0. The molecule has 1 atom stereocenters. The van der Waals surface area contributed by atoms with Gasteiger partial charge in [-0.1, -0.05) is 0 Å². The number of hydrogen-bond donors (Lipinski definition) is 3.